The molecule has 0 unspecified atom stereocenters. The standard InChI is InChI=1S/C14H14F10N/c1-7-4-8(2)25(9(3)5-7)6-11(17,18)13(21,22)14(23,24)12(19,20)10(15)16/h4-5,10H,6H2,1-3H3/q+1. The molecule has 0 aromatic carbocycles. The van der Waals surface area contributed by atoms with E-state index < -0.39 is 36.7 Å². The molecule has 1 aromatic heterocycles. The molecule has 0 aliphatic carbocycles. The summed E-state index contributed by atoms with van der Waals surface area (Å²) in [6, 6.07) is 2.54. The molecule has 25 heavy (non-hydrogen) atoms. The Hall–Kier alpha value is -1.55. The Morgan fingerprint density at radius 2 is 1.20 bits per heavy atom. The number of aromatic nitrogens is 1. The highest BCUT2D eigenvalue weighted by Crippen LogP contribution is 2.54. The molecule has 0 fully saturated rings. The molecule has 1 rings (SSSR count). The van der Waals surface area contributed by atoms with E-state index in [1.807, 2.05) is 0 Å². The molecule has 0 radical (unpaired) electrons. The lowest BCUT2D eigenvalue weighted by molar-refractivity contribution is -0.729. The van der Waals surface area contributed by atoms with Gasteiger partial charge in [0.25, 0.3) is 0 Å². The minimum atomic E-state index is -6.97. The molecular formula is C14H14F10N+. The summed E-state index contributed by atoms with van der Waals surface area (Å²) < 4.78 is 131. The van der Waals surface area contributed by atoms with Crippen LogP contribution in [-0.2, 0) is 6.54 Å². The van der Waals surface area contributed by atoms with Gasteiger partial charge in [-0.3, -0.25) is 0 Å². The maximum absolute atomic E-state index is 13.8. The van der Waals surface area contributed by atoms with E-state index in [0.717, 1.165) is 0 Å². The highest BCUT2D eigenvalue weighted by molar-refractivity contribution is 5.14. The lowest BCUT2D eigenvalue weighted by atomic mass is 9.98. The summed E-state index contributed by atoms with van der Waals surface area (Å²) in [5, 5.41) is 0. The third-order valence-corrected chi connectivity index (χ3v) is 3.63. The SMILES string of the molecule is Cc1cc(C)[n+](CC(F)(F)C(F)(F)C(F)(F)C(F)(F)C(F)F)c(C)c1. The van der Waals surface area contributed by atoms with Gasteiger partial charge >= 0.3 is 30.1 Å². The first-order chi connectivity index (χ1) is 11.0. The van der Waals surface area contributed by atoms with Crippen molar-refractivity contribution in [2.75, 3.05) is 0 Å². The molecule has 144 valence electrons. The van der Waals surface area contributed by atoms with Gasteiger partial charge in [0.2, 0.25) is 6.54 Å². The van der Waals surface area contributed by atoms with Crippen LogP contribution in [0.25, 0.3) is 0 Å². The van der Waals surface area contributed by atoms with E-state index >= 15 is 0 Å². The van der Waals surface area contributed by atoms with Crippen molar-refractivity contribution >= 4 is 0 Å². The number of alkyl halides is 10. The maximum Gasteiger partial charge on any atom is 0.385 e. The van der Waals surface area contributed by atoms with Gasteiger partial charge in [0.15, 0.2) is 11.4 Å². The summed E-state index contributed by atoms with van der Waals surface area (Å²) in [6.45, 7) is 1.88. The van der Waals surface area contributed by atoms with Gasteiger partial charge in [0.1, 0.15) is 0 Å². The highest BCUT2D eigenvalue weighted by Gasteiger charge is 2.83. The van der Waals surface area contributed by atoms with Crippen LogP contribution in [0.4, 0.5) is 43.9 Å². The fourth-order valence-electron chi connectivity index (χ4n) is 2.26. The summed E-state index contributed by atoms with van der Waals surface area (Å²) in [7, 11) is 0. The number of rotatable bonds is 6. The van der Waals surface area contributed by atoms with Gasteiger partial charge in [0.05, 0.1) is 0 Å². The van der Waals surface area contributed by atoms with Gasteiger partial charge in [0, 0.05) is 26.0 Å². The van der Waals surface area contributed by atoms with Gasteiger partial charge in [-0.2, -0.15) is 39.7 Å². The Balaban J connectivity index is 3.37. The fourth-order valence-corrected chi connectivity index (χ4v) is 2.26. The van der Waals surface area contributed by atoms with Gasteiger partial charge in [-0.15, -0.1) is 0 Å². The van der Waals surface area contributed by atoms with Crippen LogP contribution >= 0.6 is 0 Å². The van der Waals surface area contributed by atoms with E-state index in [9.17, 15) is 43.9 Å². The monoisotopic (exact) mass is 386 g/mol. The summed E-state index contributed by atoms with van der Waals surface area (Å²) in [5.41, 5.74) is 0.490. The summed E-state index contributed by atoms with van der Waals surface area (Å²) in [4.78, 5) is 0. The molecule has 0 aliphatic heterocycles. The second-order valence-corrected chi connectivity index (χ2v) is 5.68. The van der Waals surface area contributed by atoms with Crippen LogP contribution in [0.5, 0.6) is 0 Å². The lowest BCUT2D eigenvalue weighted by Gasteiger charge is -2.35. The number of hydrogen-bond acceptors (Lipinski definition) is 0. The van der Waals surface area contributed by atoms with Gasteiger partial charge in [-0.05, 0) is 12.5 Å². The molecule has 0 amide bonds. The number of aryl methyl sites for hydroxylation is 3. The third-order valence-electron chi connectivity index (χ3n) is 3.63. The maximum atomic E-state index is 13.8. The van der Waals surface area contributed by atoms with Gasteiger partial charge in [-0.25, -0.2) is 8.78 Å². The Labute approximate surface area is 136 Å². The van der Waals surface area contributed by atoms with E-state index in [-0.39, 0.29) is 11.4 Å². The molecule has 0 saturated heterocycles. The molecule has 0 saturated carbocycles. The Kier molecular flexibility index (Phi) is 5.43. The van der Waals surface area contributed by atoms with Gasteiger partial charge < -0.3 is 0 Å². The molecule has 0 spiro atoms. The minimum absolute atomic E-state index is 0.0306. The van der Waals surface area contributed by atoms with E-state index in [0.29, 0.717) is 10.1 Å². The average molecular weight is 386 g/mol. The van der Waals surface area contributed by atoms with Crippen molar-refractivity contribution in [3.63, 3.8) is 0 Å². The van der Waals surface area contributed by atoms with Crippen molar-refractivity contribution in [3.8, 4) is 0 Å². The molecule has 1 heterocycles. The zero-order chi connectivity index (χ0) is 20.0. The summed E-state index contributed by atoms with van der Waals surface area (Å²) in [6.07, 6.45) is -5.25. The molecule has 0 atom stereocenters. The lowest BCUT2D eigenvalue weighted by Crippen LogP contribution is -2.67. The zero-order valence-electron chi connectivity index (χ0n) is 13.2. The first kappa shape index (κ1) is 21.5. The molecule has 1 aromatic rings. The quantitative estimate of drug-likeness (QED) is 0.493. The average Bonchev–Trinajstić information content (AvgIpc) is 2.41. The van der Waals surface area contributed by atoms with Crippen molar-refractivity contribution in [2.45, 2.75) is 57.4 Å². The van der Waals surface area contributed by atoms with Crippen molar-refractivity contribution in [1.82, 2.24) is 0 Å². The first-order valence-corrected chi connectivity index (χ1v) is 6.76. The molecule has 0 aliphatic rings. The Morgan fingerprint density at radius 3 is 1.56 bits per heavy atom. The van der Waals surface area contributed by atoms with Crippen molar-refractivity contribution < 1.29 is 48.5 Å². The molecular weight excluding hydrogens is 372 g/mol. The number of pyridine rings is 1. The van der Waals surface area contributed by atoms with Crippen LogP contribution in [0.15, 0.2) is 12.1 Å². The summed E-state index contributed by atoms with van der Waals surface area (Å²) in [5.74, 6) is -26.1. The van der Waals surface area contributed by atoms with Crippen molar-refractivity contribution in [3.05, 3.63) is 29.1 Å². The normalized spacial score (nSPS) is 14.3. The Morgan fingerprint density at radius 1 is 0.800 bits per heavy atom. The van der Waals surface area contributed by atoms with E-state index in [2.05, 4.69) is 0 Å². The third kappa shape index (κ3) is 3.41. The molecule has 0 bridgehead atoms. The predicted octanol–water partition coefficient (Wildman–Crippen LogP) is 4.71. The van der Waals surface area contributed by atoms with Crippen LogP contribution in [-0.4, -0.2) is 30.1 Å². The van der Waals surface area contributed by atoms with E-state index in [4.69, 9.17) is 0 Å². The second-order valence-electron chi connectivity index (χ2n) is 5.68. The molecule has 0 N–H and O–H groups in total. The minimum Gasteiger partial charge on any atom is -0.203 e. The fraction of sp³-hybridized carbons (Fsp3) is 0.643. The van der Waals surface area contributed by atoms with Crippen molar-refractivity contribution in [1.29, 1.82) is 0 Å². The van der Waals surface area contributed by atoms with Crippen LogP contribution in [0.2, 0.25) is 0 Å². The number of nitrogens with zero attached hydrogens (tertiary/aromatic N) is 1. The highest BCUT2D eigenvalue weighted by atomic mass is 19.4. The second kappa shape index (κ2) is 6.31. The van der Waals surface area contributed by atoms with Crippen LogP contribution < -0.4 is 4.57 Å². The topological polar surface area (TPSA) is 3.88 Å². The summed E-state index contributed by atoms with van der Waals surface area (Å²) >= 11 is 0. The largest absolute Gasteiger partial charge is 0.385 e. The number of hydrogen-bond donors (Lipinski definition) is 0. The van der Waals surface area contributed by atoms with E-state index in [1.165, 1.54) is 26.0 Å². The van der Waals surface area contributed by atoms with Crippen LogP contribution in [0, 0.1) is 20.8 Å². The molecule has 1 nitrogen and oxygen atoms in total. The van der Waals surface area contributed by atoms with Crippen LogP contribution in [0.3, 0.4) is 0 Å². The van der Waals surface area contributed by atoms with Gasteiger partial charge in [-0.1, -0.05) is 0 Å². The van der Waals surface area contributed by atoms with E-state index in [1.54, 1.807) is 6.92 Å². The van der Waals surface area contributed by atoms with Crippen LogP contribution in [0.1, 0.15) is 17.0 Å². The zero-order valence-corrected chi connectivity index (χ0v) is 13.2. The number of halogens is 10. The Bertz CT molecular complexity index is 615. The van der Waals surface area contributed by atoms with Crippen molar-refractivity contribution in [2.24, 2.45) is 0 Å². The first-order valence-electron chi connectivity index (χ1n) is 6.76. The smallest absolute Gasteiger partial charge is 0.203 e. The predicted molar refractivity (Wildman–Crippen MR) is 66.6 cm³/mol. The molecule has 11 heteroatoms.